The van der Waals surface area contributed by atoms with Crippen LogP contribution in [0, 0.1) is 13.8 Å². The Kier molecular flexibility index (Phi) is 3.93. The minimum atomic E-state index is -0.375. The monoisotopic (exact) mass is 289 g/mol. The second kappa shape index (κ2) is 5.14. The zero-order valence-corrected chi connectivity index (χ0v) is 14.0. The Morgan fingerprint density at radius 2 is 1.57 bits per heavy atom. The Bertz CT molecular complexity index is 565. The summed E-state index contributed by atoms with van der Waals surface area (Å²) in [5.41, 5.74) is 3.19. The van der Waals surface area contributed by atoms with Gasteiger partial charge in [0.1, 0.15) is 0 Å². The normalized spacial score (nSPS) is 19.7. The molecule has 0 unspecified atom stereocenters. The molecule has 0 saturated carbocycles. The molecule has 4 nitrogen and oxygen atoms in total. The van der Waals surface area contributed by atoms with E-state index in [9.17, 15) is 4.79 Å². The molecule has 1 aromatic carbocycles. The summed E-state index contributed by atoms with van der Waals surface area (Å²) < 4.78 is 12.2. The molecular weight excluding hydrogens is 265 g/mol. The molecule has 1 aliphatic heterocycles. The standard InChI is InChI=1S/C16H24BNO3/c1-10-9-14(18-12(3)19)11(2)8-13(10)17-20-15(4,5)16(6,7)21-17/h8-9H,1-7H3,(H,18,19). The highest BCUT2D eigenvalue weighted by molar-refractivity contribution is 6.62. The van der Waals surface area contributed by atoms with Crippen LogP contribution in [0.1, 0.15) is 45.7 Å². The predicted octanol–water partition coefficient (Wildman–Crippen LogP) is 2.56. The van der Waals surface area contributed by atoms with Gasteiger partial charge in [0.25, 0.3) is 0 Å². The van der Waals surface area contributed by atoms with Crippen LogP contribution in [0.15, 0.2) is 12.1 Å². The number of amides is 1. The zero-order valence-electron chi connectivity index (χ0n) is 14.0. The highest BCUT2D eigenvalue weighted by atomic mass is 16.7. The van der Waals surface area contributed by atoms with Gasteiger partial charge in [0.15, 0.2) is 0 Å². The average Bonchev–Trinajstić information content (AvgIpc) is 2.52. The molecule has 1 N–H and O–H groups in total. The maximum atomic E-state index is 11.2. The van der Waals surface area contributed by atoms with Crippen LogP contribution in [0.5, 0.6) is 0 Å². The number of aryl methyl sites for hydroxylation is 2. The summed E-state index contributed by atoms with van der Waals surface area (Å²) in [5.74, 6) is -0.0686. The van der Waals surface area contributed by atoms with Crippen molar-refractivity contribution in [1.82, 2.24) is 0 Å². The maximum Gasteiger partial charge on any atom is 0.495 e. The van der Waals surface area contributed by atoms with E-state index in [1.165, 1.54) is 6.92 Å². The van der Waals surface area contributed by atoms with Crippen molar-refractivity contribution in [3.8, 4) is 0 Å². The van der Waals surface area contributed by atoms with E-state index in [0.29, 0.717) is 0 Å². The summed E-state index contributed by atoms with van der Waals surface area (Å²) in [6.07, 6.45) is 0. The Balaban J connectivity index is 2.35. The third-order valence-electron chi connectivity index (χ3n) is 4.43. The highest BCUT2D eigenvalue weighted by Gasteiger charge is 2.52. The van der Waals surface area contributed by atoms with Gasteiger partial charge in [0, 0.05) is 12.6 Å². The molecule has 0 spiro atoms. The summed E-state index contributed by atoms with van der Waals surface area (Å²) in [6.45, 7) is 13.7. The Morgan fingerprint density at radius 1 is 1.05 bits per heavy atom. The first kappa shape index (κ1) is 16.1. The number of nitrogens with one attached hydrogen (secondary N) is 1. The molecule has 0 radical (unpaired) electrons. The van der Waals surface area contributed by atoms with Gasteiger partial charge in [0.2, 0.25) is 5.91 Å². The number of hydrogen-bond acceptors (Lipinski definition) is 3. The number of benzene rings is 1. The number of carbonyl (C=O) groups is 1. The largest absolute Gasteiger partial charge is 0.495 e. The van der Waals surface area contributed by atoms with Crippen LogP contribution in [0.25, 0.3) is 0 Å². The van der Waals surface area contributed by atoms with Crippen molar-refractivity contribution in [2.75, 3.05) is 5.32 Å². The van der Waals surface area contributed by atoms with Crippen molar-refractivity contribution < 1.29 is 14.1 Å². The fourth-order valence-electron chi connectivity index (χ4n) is 2.39. The fraction of sp³-hybridized carbons (Fsp3) is 0.562. The van der Waals surface area contributed by atoms with E-state index in [1.807, 2.05) is 53.7 Å². The summed E-state index contributed by atoms with van der Waals surface area (Å²) in [5, 5.41) is 2.84. The SMILES string of the molecule is CC(=O)Nc1cc(C)c(B2OC(C)(C)C(C)(C)O2)cc1C. The Hall–Kier alpha value is -1.33. The zero-order chi connectivity index (χ0) is 16.0. The number of hydrogen-bond donors (Lipinski definition) is 1. The van der Waals surface area contributed by atoms with Gasteiger partial charge >= 0.3 is 7.12 Å². The van der Waals surface area contributed by atoms with E-state index < -0.39 is 0 Å². The lowest BCUT2D eigenvalue weighted by atomic mass is 9.75. The van der Waals surface area contributed by atoms with Crippen LogP contribution in [-0.4, -0.2) is 24.2 Å². The van der Waals surface area contributed by atoms with Gasteiger partial charge in [-0.3, -0.25) is 4.79 Å². The molecule has 1 fully saturated rings. The first-order valence-electron chi connectivity index (χ1n) is 7.28. The van der Waals surface area contributed by atoms with Crippen LogP contribution in [0.2, 0.25) is 0 Å². The molecule has 0 bridgehead atoms. The van der Waals surface area contributed by atoms with Gasteiger partial charge in [0.05, 0.1) is 11.2 Å². The smallest absolute Gasteiger partial charge is 0.399 e. The van der Waals surface area contributed by atoms with Crippen LogP contribution in [0.3, 0.4) is 0 Å². The van der Waals surface area contributed by atoms with Crippen molar-refractivity contribution in [2.45, 2.75) is 59.7 Å². The van der Waals surface area contributed by atoms with Crippen LogP contribution in [0.4, 0.5) is 5.69 Å². The molecule has 1 heterocycles. The molecule has 0 atom stereocenters. The molecule has 1 aliphatic rings. The van der Waals surface area contributed by atoms with Gasteiger partial charge < -0.3 is 14.6 Å². The van der Waals surface area contributed by atoms with Crippen molar-refractivity contribution in [3.63, 3.8) is 0 Å². The quantitative estimate of drug-likeness (QED) is 0.851. The minimum Gasteiger partial charge on any atom is -0.399 e. The lowest BCUT2D eigenvalue weighted by Gasteiger charge is -2.32. The van der Waals surface area contributed by atoms with Gasteiger partial charge in [-0.15, -0.1) is 0 Å². The second-order valence-electron chi connectivity index (χ2n) is 6.79. The first-order chi connectivity index (χ1) is 9.53. The van der Waals surface area contributed by atoms with E-state index in [4.69, 9.17) is 9.31 Å². The fourth-order valence-corrected chi connectivity index (χ4v) is 2.39. The van der Waals surface area contributed by atoms with Gasteiger partial charge in [-0.25, -0.2) is 0 Å². The van der Waals surface area contributed by atoms with Crippen LogP contribution >= 0.6 is 0 Å². The number of carbonyl (C=O) groups excluding carboxylic acids is 1. The Labute approximate surface area is 127 Å². The number of rotatable bonds is 2. The Morgan fingerprint density at radius 3 is 2.05 bits per heavy atom. The molecule has 2 rings (SSSR count). The predicted molar refractivity (Wildman–Crippen MR) is 85.9 cm³/mol. The van der Waals surface area contributed by atoms with E-state index in [-0.39, 0.29) is 24.2 Å². The molecular formula is C16H24BNO3. The third kappa shape index (κ3) is 2.99. The van der Waals surface area contributed by atoms with Crippen LogP contribution < -0.4 is 10.8 Å². The minimum absolute atomic E-state index is 0.0686. The molecule has 0 aliphatic carbocycles. The summed E-state index contributed by atoms with van der Waals surface area (Å²) >= 11 is 0. The summed E-state index contributed by atoms with van der Waals surface area (Å²) in [4.78, 5) is 11.2. The van der Waals surface area contributed by atoms with Crippen molar-refractivity contribution >= 4 is 24.2 Å². The van der Waals surface area contributed by atoms with Gasteiger partial charge in [-0.1, -0.05) is 6.07 Å². The molecule has 1 amide bonds. The number of anilines is 1. The van der Waals surface area contributed by atoms with Crippen molar-refractivity contribution in [3.05, 3.63) is 23.3 Å². The van der Waals surface area contributed by atoms with E-state index in [0.717, 1.165) is 22.3 Å². The van der Waals surface area contributed by atoms with Crippen molar-refractivity contribution in [2.24, 2.45) is 0 Å². The average molecular weight is 289 g/mol. The lowest BCUT2D eigenvalue weighted by Crippen LogP contribution is -2.41. The van der Waals surface area contributed by atoms with Crippen molar-refractivity contribution in [1.29, 1.82) is 0 Å². The van der Waals surface area contributed by atoms with Crippen LogP contribution in [-0.2, 0) is 14.1 Å². The maximum absolute atomic E-state index is 11.2. The van der Waals surface area contributed by atoms with E-state index >= 15 is 0 Å². The van der Waals surface area contributed by atoms with Gasteiger partial charge in [-0.2, -0.15) is 0 Å². The molecule has 1 aromatic rings. The molecule has 21 heavy (non-hydrogen) atoms. The molecule has 1 saturated heterocycles. The lowest BCUT2D eigenvalue weighted by molar-refractivity contribution is -0.114. The topological polar surface area (TPSA) is 47.6 Å². The van der Waals surface area contributed by atoms with E-state index in [1.54, 1.807) is 0 Å². The first-order valence-corrected chi connectivity index (χ1v) is 7.28. The second-order valence-corrected chi connectivity index (χ2v) is 6.79. The van der Waals surface area contributed by atoms with Gasteiger partial charge in [-0.05, 0) is 64.2 Å². The molecule has 0 aromatic heterocycles. The highest BCUT2D eigenvalue weighted by Crippen LogP contribution is 2.36. The molecule has 5 heteroatoms. The summed E-state index contributed by atoms with van der Waals surface area (Å²) in [6, 6.07) is 4.00. The molecule has 114 valence electrons. The third-order valence-corrected chi connectivity index (χ3v) is 4.43. The summed E-state index contributed by atoms with van der Waals surface area (Å²) in [7, 11) is -0.375. The van der Waals surface area contributed by atoms with E-state index in [2.05, 4.69) is 5.32 Å².